The van der Waals surface area contributed by atoms with Crippen LogP contribution in [0.4, 0.5) is 8.78 Å². The van der Waals surface area contributed by atoms with Gasteiger partial charge in [-0.25, -0.2) is 4.98 Å². The molecule has 1 N–H and O–H groups in total. The maximum atomic E-state index is 13.2. The number of amides is 1. The van der Waals surface area contributed by atoms with Crippen LogP contribution in [0.5, 0.6) is 11.5 Å². The molecule has 2 aliphatic rings. The molecule has 1 aliphatic carbocycles. The normalized spacial score (nSPS) is 16.1. The predicted molar refractivity (Wildman–Crippen MR) is 118 cm³/mol. The second-order valence-corrected chi connectivity index (χ2v) is 8.02. The molecule has 33 heavy (non-hydrogen) atoms. The van der Waals surface area contributed by atoms with Crippen LogP contribution in [0.25, 0.3) is 22.5 Å². The van der Waals surface area contributed by atoms with Crippen molar-refractivity contribution >= 4 is 17.1 Å². The minimum atomic E-state index is -3.09. The first kappa shape index (κ1) is 21.4. The Morgan fingerprint density at radius 2 is 2.06 bits per heavy atom. The number of pyridine rings is 1. The molecule has 0 radical (unpaired) electrons. The lowest BCUT2D eigenvalue weighted by atomic mass is 10.0. The lowest BCUT2D eigenvalue weighted by molar-refractivity contribution is -0.0502. The lowest BCUT2D eigenvalue weighted by Crippen LogP contribution is -2.26. The average Bonchev–Trinajstić information content (AvgIpc) is 3.53. The SMILES string of the molecule is COc1cc(-c2cnc3cc(C4=CCOCC4)ccn23)cc(OC(F)F)c1C(=O)NC1CC1. The van der Waals surface area contributed by atoms with Crippen molar-refractivity contribution in [2.24, 2.45) is 0 Å². The Labute approximate surface area is 189 Å². The van der Waals surface area contributed by atoms with Gasteiger partial charge in [0.15, 0.2) is 0 Å². The van der Waals surface area contributed by atoms with Crippen molar-refractivity contribution in [1.29, 1.82) is 0 Å². The summed E-state index contributed by atoms with van der Waals surface area (Å²) in [6.45, 7) is -1.81. The molecule has 1 fully saturated rings. The number of methoxy groups -OCH3 is 1. The number of carbonyl (C=O) groups is 1. The highest BCUT2D eigenvalue weighted by Crippen LogP contribution is 2.37. The third kappa shape index (κ3) is 4.41. The standard InChI is InChI=1S/C24H23F2N3O4/c1-31-19-10-16(11-20(33-24(25)26)22(19)23(30)28-17-2-3-17)18-13-27-21-12-15(4-7-29(18)21)14-5-8-32-9-6-14/h4-5,7,10-13,17,24H,2-3,6,8-9H2,1H3,(H,28,30). The number of alkyl halides is 2. The van der Waals surface area contributed by atoms with Gasteiger partial charge in [-0.15, -0.1) is 0 Å². The summed E-state index contributed by atoms with van der Waals surface area (Å²) in [5, 5.41) is 2.80. The fourth-order valence-electron chi connectivity index (χ4n) is 3.98. The number of hydrogen-bond donors (Lipinski definition) is 1. The molecule has 0 bridgehead atoms. The Balaban J connectivity index is 1.56. The molecule has 3 heterocycles. The molecule has 1 aliphatic heterocycles. The van der Waals surface area contributed by atoms with E-state index in [1.54, 1.807) is 12.3 Å². The van der Waals surface area contributed by atoms with E-state index in [1.807, 2.05) is 22.7 Å². The van der Waals surface area contributed by atoms with Crippen LogP contribution in [0.1, 0.15) is 35.2 Å². The van der Waals surface area contributed by atoms with Crippen molar-refractivity contribution in [1.82, 2.24) is 14.7 Å². The van der Waals surface area contributed by atoms with E-state index in [0.717, 1.165) is 24.8 Å². The van der Waals surface area contributed by atoms with Crippen LogP contribution in [0, 0.1) is 0 Å². The summed E-state index contributed by atoms with van der Waals surface area (Å²) < 4.78 is 43.8. The maximum absolute atomic E-state index is 13.2. The van der Waals surface area contributed by atoms with Gasteiger partial charge in [-0.1, -0.05) is 6.08 Å². The molecule has 0 saturated heterocycles. The van der Waals surface area contributed by atoms with E-state index in [0.29, 0.717) is 30.1 Å². The van der Waals surface area contributed by atoms with Crippen LogP contribution in [0.2, 0.25) is 0 Å². The Hall–Kier alpha value is -3.46. The number of aromatic nitrogens is 2. The molecule has 5 rings (SSSR count). The predicted octanol–water partition coefficient (Wildman–Crippen LogP) is 4.31. The molecule has 1 saturated carbocycles. The zero-order valence-electron chi connectivity index (χ0n) is 18.0. The Kier molecular flexibility index (Phi) is 5.72. The Morgan fingerprint density at radius 3 is 2.76 bits per heavy atom. The van der Waals surface area contributed by atoms with Crippen LogP contribution in [-0.4, -0.2) is 48.3 Å². The third-order valence-corrected chi connectivity index (χ3v) is 5.78. The van der Waals surface area contributed by atoms with Gasteiger partial charge in [0, 0.05) is 17.8 Å². The molecule has 7 nitrogen and oxygen atoms in total. The largest absolute Gasteiger partial charge is 0.496 e. The molecule has 1 aromatic carbocycles. The first-order valence-corrected chi connectivity index (χ1v) is 10.8. The lowest BCUT2D eigenvalue weighted by Gasteiger charge is -2.16. The number of benzene rings is 1. The number of rotatable bonds is 7. The number of imidazole rings is 1. The highest BCUT2D eigenvalue weighted by molar-refractivity contribution is 6.01. The van der Waals surface area contributed by atoms with E-state index in [2.05, 4.69) is 16.4 Å². The molecule has 9 heteroatoms. The smallest absolute Gasteiger partial charge is 0.387 e. The number of nitrogens with one attached hydrogen (secondary N) is 1. The second kappa shape index (κ2) is 8.82. The highest BCUT2D eigenvalue weighted by Gasteiger charge is 2.29. The monoisotopic (exact) mass is 455 g/mol. The van der Waals surface area contributed by atoms with Gasteiger partial charge in [0.1, 0.15) is 22.7 Å². The molecular formula is C24H23F2N3O4. The van der Waals surface area contributed by atoms with Crippen LogP contribution < -0.4 is 14.8 Å². The van der Waals surface area contributed by atoms with Crippen molar-refractivity contribution in [3.8, 4) is 22.8 Å². The number of carbonyl (C=O) groups excluding carboxylic acids is 1. The van der Waals surface area contributed by atoms with Crippen LogP contribution in [0.15, 0.2) is 42.7 Å². The van der Waals surface area contributed by atoms with E-state index in [1.165, 1.54) is 18.7 Å². The van der Waals surface area contributed by atoms with Gasteiger partial charge >= 0.3 is 6.61 Å². The molecule has 0 unspecified atom stereocenters. The minimum absolute atomic E-state index is 0.0454. The van der Waals surface area contributed by atoms with E-state index >= 15 is 0 Å². The summed E-state index contributed by atoms with van der Waals surface area (Å²) in [7, 11) is 1.39. The van der Waals surface area contributed by atoms with Crippen molar-refractivity contribution in [3.63, 3.8) is 0 Å². The number of fused-ring (bicyclic) bond motifs is 1. The topological polar surface area (TPSA) is 74.1 Å². The first-order chi connectivity index (χ1) is 16.0. The minimum Gasteiger partial charge on any atom is -0.496 e. The van der Waals surface area contributed by atoms with Crippen LogP contribution in [0.3, 0.4) is 0 Å². The first-order valence-electron chi connectivity index (χ1n) is 10.8. The molecule has 172 valence electrons. The Bertz CT molecular complexity index is 1230. The molecule has 1 amide bonds. The van der Waals surface area contributed by atoms with E-state index in [4.69, 9.17) is 14.2 Å². The van der Waals surface area contributed by atoms with Gasteiger partial charge in [-0.3, -0.25) is 9.20 Å². The van der Waals surface area contributed by atoms with E-state index < -0.39 is 12.5 Å². The summed E-state index contributed by atoms with van der Waals surface area (Å²) in [5.41, 5.74) is 4.12. The Morgan fingerprint density at radius 1 is 1.24 bits per heavy atom. The van der Waals surface area contributed by atoms with Crippen molar-refractivity contribution in [2.75, 3.05) is 20.3 Å². The van der Waals surface area contributed by atoms with E-state index in [9.17, 15) is 13.6 Å². The number of halogens is 2. The van der Waals surface area contributed by atoms with Crippen molar-refractivity contribution in [3.05, 3.63) is 53.9 Å². The molecule has 0 spiro atoms. The van der Waals surface area contributed by atoms with Gasteiger partial charge in [0.05, 0.1) is 32.2 Å². The zero-order valence-corrected chi connectivity index (χ0v) is 18.0. The summed E-state index contributed by atoms with van der Waals surface area (Å²) in [4.78, 5) is 17.2. The second-order valence-electron chi connectivity index (χ2n) is 8.02. The zero-order chi connectivity index (χ0) is 22.9. The third-order valence-electron chi connectivity index (χ3n) is 5.78. The molecule has 0 atom stereocenters. The van der Waals surface area contributed by atoms with Gasteiger partial charge < -0.3 is 19.5 Å². The number of ether oxygens (including phenoxy) is 3. The quantitative estimate of drug-likeness (QED) is 0.575. The van der Waals surface area contributed by atoms with Crippen molar-refractivity contribution < 1.29 is 27.8 Å². The summed E-state index contributed by atoms with van der Waals surface area (Å²) in [6, 6.07) is 7.08. The average molecular weight is 455 g/mol. The van der Waals surface area contributed by atoms with Crippen molar-refractivity contribution in [2.45, 2.75) is 31.9 Å². The summed E-state index contributed by atoms with van der Waals surface area (Å²) >= 11 is 0. The van der Waals surface area contributed by atoms with Gasteiger partial charge in [-0.05, 0) is 54.7 Å². The van der Waals surface area contributed by atoms with Gasteiger partial charge in [-0.2, -0.15) is 8.78 Å². The van der Waals surface area contributed by atoms with Gasteiger partial charge in [0.2, 0.25) is 0 Å². The van der Waals surface area contributed by atoms with Crippen LogP contribution >= 0.6 is 0 Å². The fraction of sp³-hybridized carbons (Fsp3) is 0.333. The summed E-state index contributed by atoms with van der Waals surface area (Å²) in [6.07, 6.45) is 8.17. The molecule has 2 aromatic heterocycles. The summed E-state index contributed by atoms with van der Waals surface area (Å²) in [5.74, 6) is -0.583. The number of nitrogens with zero attached hydrogens (tertiary/aromatic N) is 2. The van der Waals surface area contributed by atoms with Gasteiger partial charge in [0.25, 0.3) is 5.91 Å². The highest BCUT2D eigenvalue weighted by atomic mass is 19.3. The maximum Gasteiger partial charge on any atom is 0.387 e. The molecular weight excluding hydrogens is 432 g/mol. The fourth-order valence-corrected chi connectivity index (χ4v) is 3.98. The number of hydrogen-bond acceptors (Lipinski definition) is 5. The van der Waals surface area contributed by atoms with E-state index in [-0.39, 0.29) is 23.1 Å². The molecule has 3 aromatic rings. The van der Waals surface area contributed by atoms with Crippen LogP contribution in [-0.2, 0) is 4.74 Å².